The van der Waals surface area contributed by atoms with E-state index in [4.69, 9.17) is 9.47 Å². The molecule has 1 saturated carbocycles. The largest absolute Gasteiger partial charge is 0.421 e. The number of hydrogen-bond donors (Lipinski definition) is 3. The summed E-state index contributed by atoms with van der Waals surface area (Å²) in [7, 11) is 0. The first kappa shape index (κ1) is 26.6. The van der Waals surface area contributed by atoms with Crippen LogP contribution in [0.4, 0.5) is 30.6 Å². The van der Waals surface area contributed by atoms with Crippen molar-refractivity contribution in [1.29, 1.82) is 0 Å². The molecule has 0 radical (unpaired) electrons. The molecule has 2 saturated heterocycles. The van der Waals surface area contributed by atoms with Crippen LogP contribution in [0.1, 0.15) is 54.4 Å². The molecule has 0 spiro atoms. The summed E-state index contributed by atoms with van der Waals surface area (Å²) in [6.07, 6.45) is -0.899. The number of aromatic nitrogens is 2. The van der Waals surface area contributed by atoms with Crippen LogP contribution in [0.2, 0.25) is 0 Å². The Hall–Kier alpha value is -2.96. The molecule has 3 aliphatic rings. The number of carbonyl (C=O) groups excluding carboxylic acids is 1. The van der Waals surface area contributed by atoms with Crippen molar-refractivity contribution in [3.63, 3.8) is 0 Å². The Morgan fingerprint density at radius 2 is 2.05 bits per heavy atom. The number of rotatable bonds is 9. The lowest BCUT2D eigenvalue weighted by Crippen LogP contribution is -2.33. The van der Waals surface area contributed by atoms with Crippen LogP contribution < -0.4 is 16.0 Å². The molecule has 3 N–H and O–H groups in total. The Balaban J connectivity index is 1.28. The third kappa shape index (κ3) is 6.72. The molecule has 3 heterocycles. The average molecular weight is 535 g/mol. The zero-order chi connectivity index (χ0) is 26.5. The van der Waals surface area contributed by atoms with Gasteiger partial charge < -0.3 is 30.3 Å². The Bertz CT molecular complexity index is 1120. The number of alkyl halides is 3. The number of nitrogens with one attached hydrogen (secondary N) is 3. The molecule has 1 atom stereocenters. The SMILES string of the molecule is O=C1CCOCCN1CCCNc1nc(Nc2ccc(C3CNCCO3)cc2C2CC2)ncc1C(F)(F)F. The molecule has 12 heteroatoms. The average Bonchev–Trinajstić information content (AvgIpc) is 3.76. The topological polar surface area (TPSA) is 101 Å². The fourth-order valence-electron chi connectivity index (χ4n) is 4.74. The summed E-state index contributed by atoms with van der Waals surface area (Å²) in [5.74, 6) is 0.196. The molecule has 0 bridgehead atoms. The molecule has 1 aliphatic carbocycles. The molecule has 38 heavy (non-hydrogen) atoms. The smallest absolute Gasteiger partial charge is 0.379 e. The minimum atomic E-state index is -4.60. The Morgan fingerprint density at radius 3 is 2.82 bits per heavy atom. The van der Waals surface area contributed by atoms with Gasteiger partial charge in [0.05, 0.1) is 32.3 Å². The second-order valence-electron chi connectivity index (χ2n) is 9.79. The van der Waals surface area contributed by atoms with E-state index >= 15 is 0 Å². The van der Waals surface area contributed by atoms with E-state index in [0.29, 0.717) is 51.7 Å². The highest BCUT2D eigenvalue weighted by atomic mass is 19.4. The van der Waals surface area contributed by atoms with E-state index in [1.807, 2.05) is 12.1 Å². The summed E-state index contributed by atoms with van der Waals surface area (Å²) in [6.45, 7) is 4.24. The second-order valence-corrected chi connectivity index (χ2v) is 9.79. The van der Waals surface area contributed by atoms with Gasteiger partial charge >= 0.3 is 6.18 Å². The normalized spacial score (nSPS) is 20.8. The Labute approximate surface area is 219 Å². The van der Waals surface area contributed by atoms with Gasteiger partial charge in [-0.3, -0.25) is 4.79 Å². The van der Waals surface area contributed by atoms with Crippen LogP contribution in [0, 0.1) is 0 Å². The molecule has 1 unspecified atom stereocenters. The standard InChI is InChI=1S/C26H33F3N6O3/c27-26(28,29)20-15-32-25(34-24(20)31-7-1-9-35-10-13-37-11-6-23(35)36)33-21-5-4-18(14-19(21)17-2-3-17)22-16-30-8-12-38-22/h4-5,14-15,17,22,30H,1-3,6-13,16H2,(H2,31,32,33,34). The number of ether oxygens (including phenoxy) is 2. The predicted octanol–water partition coefficient (Wildman–Crippen LogP) is 3.83. The van der Waals surface area contributed by atoms with Crippen LogP contribution in [0.5, 0.6) is 0 Å². The number of hydrogen-bond acceptors (Lipinski definition) is 8. The van der Waals surface area contributed by atoms with Gasteiger partial charge in [0.2, 0.25) is 11.9 Å². The van der Waals surface area contributed by atoms with Crippen LogP contribution in [-0.4, -0.2) is 73.3 Å². The first-order valence-corrected chi connectivity index (χ1v) is 13.2. The molecule has 9 nitrogen and oxygen atoms in total. The fourth-order valence-corrected chi connectivity index (χ4v) is 4.74. The highest BCUT2D eigenvalue weighted by molar-refractivity contribution is 5.76. The third-order valence-corrected chi connectivity index (χ3v) is 6.95. The molecule has 206 valence electrons. The van der Waals surface area contributed by atoms with Gasteiger partial charge in [-0.15, -0.1) is 0 Å². The van der Waals surface area contributed by atoms with E-state index in [0.717, 1.165) is 48.9 Å². The minimum Gasteiger partial charge on any atom is -0.379 e. The van der Waals surface area contributed by atoms with Crippen LogP contribution in [0.3, 0.4) is 0 Å². The van der Waals surface area contributed by atoms with Gasteiger partial charge in [-0.05, 0) is 42.4 Å². The maximum atomic E-state index is 13.7. The van der Waals surface area contributed by atoms with Gasteiger partial charge in [-0.2, -0.15) is 18.2 Å². The molecule has 2 aromatic rings. The summed E-state index contributed by atoms with van der Waals surface area (Å²) >= 11 is 0. The Kier molecular flexibility index (Phi) is 8.29. The van der Waals surface area contributed by atoms with Crippen LogP contribution in [0.15, 0.2) is 24.4 Å². The summed E-state index contributed by atoms with van der Waals surface area (Å²) in [6, 6.07) is 6.03. The number of amides is 1. The number of benzene rings is 1. The number of halogens is 3. The lowest BCUT2D eigenvalue weighted by atomic mass is 10.0. The molecule has 3 fully saturated rings. The number of morpholine rings is 1. The highest BCUT2D eigenvalue weighted by Crippen LogP contribution is 2.45. The summed E-state index contributed by atoms with van der Waals surface area (Å²) in [5, 5.41) is 9.29. The maximum Gasteiger partial charge on any atom is 0.421 e. The van der Waals surface area contributed by atoms with Crippen molar-refractivity contribution in [1.82, 2.24) is 20.2 Å². The van der Waals surface area contributed by atoms with Crippen LogP contribution in [-0.2, 0) is 20.4 Å². The van der Waals surface area contributed by atoms with Crippen molar-refractivity contribution in [3.8, 4) is 0 Å². The minimum absolute atomic E-state index is 0.00389. The van der Waals surface area contributed by atoms with Gasteiger partial charge in [-0.1, -0.05) is 12.1 Å². The summed E-state index contributed by atoms with van der Waals surface area (Å²) < 4.78 is 52.2. The second kappa shape index (κ2) is 11.8. The zero-order valence-corrected chi connectivity index (χ0v) is 21.1. The van der Waals surface area contributed by atoms with Gasteiger partial charge in [0.1, 0.15) is 11.4 Å². The predicted molar refractivity (Wildman–Crippen MR) is 135 cm³/mol. The summed E-state index contributed by atoms with van der Waals surface area (Å²) in [4.78, 5) is 22.0. The first-order chi connectivity index (χ1) is 18.4. The zero-order valence-electron chi connectivity index (χ0n) is 21.1. The molecule has 5 rings (SSSR count). The third-order valence-electron chi connectivity index (χ3n) is 6.95. The monoisotopic (exact) mass is 534 g/mol. The number of anilines is 3. The quantitative estimate of drug-likeness (QED) is 0.418. The van der Waals surface area contributed by atoms with Crippen molar-refractivity contribution in [2.24, 2.45) is 0 Å². The lowest BCUT2D eigenvalue weighted by molar-refractivity contribution is -0.137. The van der Waals surface area contributed by atoms with Gasteiger partial charge in [-0.25, -0.2) is 4.98 Å². The molecule has 2 aliphatic heterocycles. The van der Waals surface area contributed by atoms with E-state index in [1.165, 1.54) is 0 Å². The van der Waals surface area contributed by atoms with E-state index in [9.17, 15) is 18.0 Å². The molecular formula is C26H33F3N6O3. The number of carbonyl (C=O) groups is 1. The lowest BCUT2D eigenvalue weighted by Gasteiger charge is -2.25. The van der Waals surface area contributed by atoms with E-state index in [-0.39, 0.29) is 30.3 Å². The van der Waals surface area contributed by atoms with Crippen molar-refractivity contribution in [3.05, 3.63) is 41.1 Å². The van der Waals surface area contributed by atoms with Crippen molar-refractivity contribution < 1.29 is 27.4 Å². The van der Waals surface area contributed by atoms with E-state index in [1.54, 1.807) is 4.90 Å². The molecule has 1 aromatic carbocycles. The van der Waals surface area contributed by atoms with Crippen molar-refractivity contribution in [2.75, 3.05) is 63.2 Å². The molecular weight excluding hydrogens is 501 g/mol. The first-order valence-electron chi connectivity index (χ1n) is 13.2. The van der Waals surface area contributed by atoms with Gasteiger partial charge in [0.15, 0.2) is 0 Å². The van der Waals surface area contributed by atoms with Gasteiger partial charge in [0.25, 0.3) is 0 Å². The molecule has 1 amide bonds. The molecule has 1 aromatic heterocycles. The van der Waals surface area contributed by atoms with Crippen molar-refractivity contribution >= 4 is 23.4 Å². The fraction of sp³-hybridized carbons (Fsp3) is 0.577. The summed E-state index contributed by atoms with van der Waals surface area (Å²) in [5.41, 5.74) is 2.03. The van der Waals surface area contributed by atoms with Crippen LogP contribution in [0.25, 0.3) is 0 Å². The number of nitrogens with zero attached hydrogens (tertiary/aromatic N) is 3. The van der Waals surface area contributed by atoms with Gasteiger partial charge in [0, 0.05) is 44.6 Å². The van der Waals surface area contributed by atoms with E-state index < -0.39 is 11.7 Å². The van der Waals surface area contributed by atoms with Crippen molar-refractivity contribution in [2.45, 2.75) is 43.9 Å². The Morgan fingerprint density at radius 1 is 1.18 bits per heavy atom. The maximum absolute atomic E-state index is 13.7. The highest BCUT2D eigenvalue weighted by Gasteiger charge is 2.35. The van der Waals surface area contributed by atoms with Crippen LogP contribution >= 0.6 is 0 Å². The van der Waals surface area contributed by atoms with E-state index in [2.05, 4.69) is 32.0 Å².